The molecule has 0 radical (unpaired) electrons. The average molecular weight is 374 g/mol. The van der Waals surface area contributed by atoms with Gasteiger partial charge >= 0.3 is 0 Å². The Morgan fingerprint density at radius 3 is 2.36 bits per heavy atom. The molecule has 0 saturated carbocycles. The topological polar surface area (TPSA) is 79.6 Å². The van der Waals surface area contributed by atoms with Gasteiger partial charge in [-0.05, 0) is 48.9 Å². The second-order valence-electron chi connectivity index (χ2n) is 6.65. The fourth-order valence-electron chi connectivity index (χ4n) is 3.26. The number of fused-ring (bicyclic) bond motifs is 1. The Bertz CT molecular complexity index is 1020. The summed E-state index contributed by atoms with van der Waals surface area (Å²) in [5.74, 6) is -0.229. The van der Waals surface area contributed by atoms with Gasteiger partial charge in [0, 0.05) is 5.56 Å². The van der Waals surface area contributed by atoms with Gasteiger partial charge in [0.15, 0.2) is 0 Å². The van der Waals surface area contributed by atoms with Crippen LogP contribution in [0.25, 0.3) is 0 Å². The molecule has 0 spiro atoms. The maximum Gasteiger partial charge on any atom is 0.261 e. The molecule has 28 heavy (non-hydrogen) atoms. The summed E-state index contributed by atoms with van der Waals surface area (Å²) < 4.78 is 5.30. The number of carbonyl (C=O) groups excluding carboxylic acids is 3. The largest absolute Gasteiger partial charge is 0.467 e. The minimum absolute atomic E-state index is 0.112. The van der Waals surface area contributed by atoms with Gasteiger partial charge in [-0.25, -0.2) is 0 Å². The molecule has 3 aromatic rings. The van der Waals surface area contributed by atoms with E-state index < -0.39 is 0 Å². The Balaban J connectivity index is 1.49. The second-order valence-corrected chi connectivity index (χ2v) is 6.65. The van der Waals surface area contributed by atoms with Crippen molar-refractivity contribution in [2.24, 2.45) is 0 Å². The molecule has 2 aromatic carbocycles. The third-order valence-corrected chi connectivity index (χ3v) is 4.73. The van der Waals surface area contributed by atoms with Crippen LogP contribution in [-0.2, 0) is 6.54 Å². The lowest BCUT2D eigenvalue weighted by atomic mass is 10.1. The number of hydrogen-bond acceptors (Lipinski definition) is 4. The molecule has 0 fully saturated rings. The highest BCUT2D eigenvalue weighted by Crippen LogP contribution is 2.24. The first-order valence-corrected chi connectivity index (χ1v) is 8.93. The van der Waals surface area contributed by atoms with Crippen molar-refractivity contribution in [3.05, 3.63) is 94.9 Å². The Kier molecular flexibility index (Phi) is 4.53. The predicted octanol–water partition coefficient (Wildman–Crippen LogP) is 3.57. The van der Waals surface area contributed by atoms with Crippen LogP contribution in [0.15, 0.2) is 71.3 Å². The molecule has 0 saturated heterocycles. The molecule has 0 bridgehead atoms. The normalized spacial score (nSPS) is 14.1. The van der Waals surface area contributed by atoms with Gasteiger partial charge in [0.25, 0.3) is 17.7 Å². The van der Waals surface area contributed by atoms with E-state index in [4.69, 9.17) is 4.42 Å². The van der Waals surface area contributed by atoms with Gasteiger partial charge in [-0.3, -0.25) is 19.3 Å². The number of nitrogens with zero attached hydrogens (tertiary/aromatic N) is 1. The molecule has 6 nitrogen and oxygen atoms in total. The van der Waals surface area contributed by atoms with Gasteiger partial charge in [0.1, 0.15) is 5.76 Å². The third-order valence-electron chi connectivity index (χ3n) is 4.73. The van der Waals surface area contributed by atoms with Crippen LogP contribution in [0.1, 0.15) is 55.4 Å². The summed E-state index contributed by atoms with van der Waals surface area (Å²) in [6.45, 7) is 1.95. The molecule has 1 aliphatic rings. The molecular weight excluding hydrogens is 356 g/mol. The van der Waals surface area contributed by atoms with E-state index in [-0.39, 0.29) is 30.3 Å². The fourth-order valence-corrected chi connectivity index (χ4v) is 3.26. The van der Waals surface area contributed by atoms with Gasteiger partial charge < -0.3 is 9.73 Å². The quantitative estimate of drug-likeness (QED) is 0.693. The predicted molar refractivity (Wildman–Crippen MR) is 102 cm³/mol. The zero-order chi connectivity index (χ0) is 19.7. The fraction of sp³-hybridized carbons (Fsp3) is 0.136. The van der Waals surface area contributed by atoms with E-state index in [1.54, 1.807) is 66.9 Å². The van der Waals surface area contributed by atoms with Gasteiger partial charge in [-0.2, -0.15) is 0 Å². The first-order chi connectivity index (χ1) is 13.5. The monoisotopic (exact) mass is 374 g/mol. The van der Waals surface area contributed by atoms with E-state index in [9.17, 15) is 14.4 Å². The second kappa shape index (κ2) is 7.15. The molecule has 6 heteroatoms. The van der Waals surface area contributed by atoms with Crippen molar-refractivity contribution in [3.63, 3.8) is 0 Å². The van der Waals surface area contributed by atoms with Gasteiger partial charge in [-0.15, -0.1) is 0 Å². The average Bonchev–Trinajstić information content (AvgIpc) is 3.33. The van der Waals surface area contributed by atoms with Gasteiger partial charge in [0.05, 0.1) is 30.0 Å². The van der Waals surface area contributed by atoms with Crippen LogP contribution in [0.2, 0.25) is 0 Å². The van der Waals surface area contributed by atoms with E-state index in [0.717, 1.165) is 0 Å². The molecule has 4 rings (SSSR count). The molecule has 140 valence electrons. The molecule has 0 aliphatic carbocycles. The van der Waals surface area contributed by atoms with Crippen LogP contribution in [0, 0.1) is 0 Å². The standard InChI is InChI=1S/C22H18N2O4/c1-14(19-10-5-11-28-19)23-20(25)16-7-4-6-15(12-16)13-24-21(26)17-8-2-3-9-18(17)22(24)27/h2-12,14H,13H2,1H3,(H,23,25)/t14-/m1/s1. The number of furan rings is 1. The Morgan fingerprint density at radius 1 is 1.00 bits per heavy atom. The smallest absolute Gasteiger partial charge is 0.261 e. The van der Waals surface area contributed by atoms with Crippen molar-refractivity contribution in [1.29, 1.82) is 0 Å². The lowest BCUT2D eigenvalue weighted by Crippen LogP contribution is -2.29. The van der Waals surface area contributed by atoms with Crippen LogP contribution < -0.4 is 5.32 Å². The highest BCUT2D eigenvalue weighted by molar-refractivity contribution is 6.21. The number of hydrogen-bond donors (Lipinski definition) is 1. The van der Waals surface area contributed by atoms with E-state index in [1.165, 1.54) is 4.90 Å². The van der Waals surface area contributed by atoms with E-state index in [1.807, 2.05) is 6.92 Å². The van der Waals surface area contributed by atoms with Crippen molar-refractivity contribution >= 4 is 17.7 Å². The summed E-state index contributed by atoms with van der Waals surface area (Å²) >= 11 is 0. The molecule has 1 N–H and O–H groups in total. The summed E-state index contributed by atoms with van der Waals surface area (Å²) in [4.78, 5) is 38.8. The Hall–Kier alpha value is -3.67. The molecular formula is C22H18N2O4. The molecule has 1 aliphatic heterocycles. The SMILES string of the molecule is C[C@@H](NC(=O)c1cccc(CN2C(=O)c3ccccc3C2=O)c1)c1ccco1. The van der Waals surface area contributed by atoms with E-state index in [2.05, 4.69) is 5.32 Å². The van der Waals surface area contributed by atoms with Crippen molar-refractivity contribution in [3.8, 4) is 0 Å². The summed E-state index contributed by atoms with van der Waals surface area (Å²) in [6.07, 6.45) is 1.56. The molecule has 1 aromatic heterocycles. The van der Waals surface area contributed by atoms with Crippen LogP contribution in [-0.4, -0.2) is 22.6 Å². The highest BCUT2D eigenvalue weighted by atomic mass is 16.3. The molecule has 1 atom stereocenters. The number of benzene rings is 2. The zero-order valence-electron chi connectivity index (χ0n) is 15.2. The zero-order valence-corrected chi connectivity index (χ0v) is 15.2. The minimum atomic E-state index is -0.318. The highest BCUT2D eigenvalue weighted by Gasteiger charge is 2.35. The van der Waals surface area contributed by atoms with Crippen LogP contribution in [0.3, 0.4) is 0 Å². The molecule has 0 unspecified atom stereocenters. The summed E-state index contributed by atoms with van der Waals surface area (Å²) in [7, 11) is 0. The number of nitrogens with one attached hydrogen (secondary N) is 1. The lowest BCUT2D eigenvalue weighted by molar-refractivity contribution is 0.0642. The van der Waals surface area contributed by atoms with Crippen LogP contribution in [0.5, 0.6) is 0 Å². The summed E-state index contributed by atoms with van der Waals surface area (Å²) in [5.41, 5.74) is 1.97. The molecule has 2 heterocycles. The van der Waals surface area contributed by atoms with Crippen molar-refractivity contribution < 1.29 is 18.8 Å². The third kappa shape index (κ3) is 3.20. The van der Waals surface area contributed by atoms with Crippen molar-refractivity contribution in [1.82, 2.24) is 10.2 Å². The van der Waals surface area contributed by atoms with Crippen molar-refractivity contribution in [2.45, 2.75) is 19.5 Å². The minimum Gasteiger partial charge on any atom is -0.467 e. The first-order valence-electron chi connectivity index (χ1n) is 8.93. The maximum absolute atomic E-state index is 12.5. The van der Waals surface area contributed by atoms with Gasteiger partial charge in [-0.1, -0.05) is 24.3 Å². The van der Waals surface area contributed by atoms with E-state index in [0.29, 0.717) is 28.0 Å². The summed E-state index contributed by atoms with van der Waals surface area (Å²) in [6, 6.07) is 17.0. The van der Waals surface area contributed by atoms with Crippen molar-refractivity contribution in [2.75, 3.05) is 0 Å². The lowest BCUT2D eigenvalue weighted by Gasteiger charge is -2.15. The first kappa shape index (κ1) is 17.7. The Labute approximate surface area is 161 Å². The summed E-state index contributed by atoms with van der Waals surface area (Å²) in [5, 5.41) is 2.87. The number of amides is 3. The number of carbonyl (C=O) groups is 3. The Morgan fingerprint density at radius 2 is 1.71 bits per heavy atom. The number of imide groups is 1. The van der Waals surface area contributed by atoms with Gasteiger partial charge in [0.2, 0.25) is 0 Å². The van der Waals surface area contributed by atoms with E-state index >= 15 is 0 Å². The number of rotatable bonds is 5. The molecule has 3 amide bonds. The maximum atomic E-state index is 12.5. The van der Waals surface area contributed by atoms with Crippen LogP contribution >= 0.6 is 0 Å². The van der Waals surface area contributed by atoms with Crippen LogP contribution in [0.4, 0.5) is 0 Å².